The van der Waals surface area contributed by atoms with Crippen LogP contribution in [0, 0.1) is 0 Å². The molecule has 0 aromatic heterocycles. The normalized spacial score (nSPS) is 19.0. The van der Waals surface area contributed by atoms with Gasteiger partial charge in [0.2, 0.25) is 6.79 Å². The molecule has 2 aromatic rings. The lowest BCUT2D eigenvalue weighted by atomic mass is 9.95. The van der Waals surface area contributed by atoms with E-state index in [9.17, 15) is 14.7 Å². The first-order valence-electron chi connectivity index (χ1n) is 11.1. The summed E-state index contributed by atoms with van der Waals surface area (Å²) < 4.78 is 10.7. The van der Waals surface area contributed by atoms with Crippen molar-refractivity contribution in [2.75, 3.05) is 33.0 Å². The van der Waals surface area contributed by atoms with E-state index in [1.165, 1.54) is 0 Å². The Bertz CT molecular complexity index is 1080. The SMILES string of the molecule is CCN(CC)CCCN1C(=O)C(=O)C(=C(O)c2ccc3c(c2)OCO3)C1c1ccc(Cl)cc1. The molecule has 7 nitrogen and oxygen atoms in total. The fourth-order valence-corrected chi connectivity index (χ4v) is 4.43. The Morgan fingerprint density at radius 2 is 1.79 bits per heavy atom. The molecule has 2 aromatic carbocycles. The van der Waals surface area contributed by atoms with Crippen molar-refractivity contribution in [1.29, 1.82) is 0 Å². The Hall–Kier alpha value is -3.03. The Balaban J connectivity index is 1.72. The second kappa shape index (κ2) is 9.85. The average molecular weight is 471 g/mol. The van der Waals surface area contributed by atoms with E-state index in [4.69, 9.17) is 21.1 Å². The zero-order valence-corrected chi connectivity index (χ0v) is 19.5. The minimum Gasteiger partial charge on any atom is -0.507 e. The maximum atomic E-state index is 13.1. The van der Waals surface area contributed by atoms with Crippen molar-refractivity contribution >= 4 is 29.1 Å². The van der Waals surface area contributed by atoms with Crippen LogP contribution in [-0.4, -0.2) is 59.6 Å². The number of Topliss-reactive ketones (excluding diaryl/α,β-unsaturated/α-hetero) is 1. The highest BCUT2D eigenvalue weighted by molar-refractivity contribution is 6.46. The molecule has 1 atom stereocenters. The standard InChI is InChI=1S/C25H27ClN2O5/c1-3-27(4-2)12-5-13-28-22(16-6-9-18(26)10-7-16)21(24(30)25(28)31)23(29)17-8-11-19-20(14-17)33-15-32-19/h6-11,14,22,29H,3-5,12-13,15H2,1-2H3. The Labute approximate surface area is 198 Å². The van der Waals surface area contributed by atoms with Crippen molar-refractivity contribution in [1.82, 2.24) is 9.80 Å². The lowest BCUT2D eigenvalue weighted by Crippen LogP contribution is -2.33. The highest BCUT2D eigenvalue weighted by atomic mass is 35.5. The molecule has 174 valence electrons. The predicted molar refractivity (Wildman–Crippen MR) is 125 cm³/mol. The number of carbonyl (C=O) groups is 2. The third-order valence-electron chi connectivity index (χ3n) is 6.14. The van der Waals surface area contributed by atoms with E-state index in [1.807, 2.05) is 0 Å². The van der Waals surface area contributed by atoms with Crippen molar-refractivity contribution in [3.8, 4) is 11.5 Å². The molecule has 0 spiro atoms. The van der Waals surface area contributed by atoms with Crippen molar-refractivity contribution in [3.63, 3.8) is 0 Å². The summed E-state index contributed by atoms with van der Waals surface area (Å²) in [6.07, 6.45) is 0.711. The molecule has 0 radical (unpaired) electrons. The molecular weight excluding hydrogens is 444 g/mol. The van der Waals surface area contributed by atoms with Gasteiger partial charge in [0.25, 0.3) is 11.7 Å². The number of amides is 1. The van der Waals surface area contributed by atoms with Crippen LogP contribution in [0.15, 0.2) is 48.0 Å². The number of benzene rings is 2. The number of fused-ring (bicyclic) bond motifs is 1. The van der Waals surface area contributed by atoms with Gasteiger partial charge in [-0.25, -0.2) is 0 Å². The largest absolute Gasteiger partial charge is 0.507 e. The predicted octanol–water partition coefficient (Wildman–Crippen LogP) is 4.22. The van der Waals surface area contributed by atoms with Crippen LogP contribution in [0.3, 0.4) is 0 Å². The average Bonchev–Trinajstić information content (AvgIpc) is 3.39. The van der Waals surface area contributed by atoms with E-state index >= 15 is 0 Å². The Morgan fingerprint density at radius 1 is 1.09 bits per heavy atom. The van der Waals surface area contributed by atoms with Gasteiger partial charge in [-0.3, -0.25) is 9.59 Å². The zero-order chi connectivity index (χ0) is 23.5. The van der Waals surface area contributed by atoms with Gasteiger partial charge in [-0.1, -0.05) is 37.6 Å². The molecule has 1 fully saturated rings. The minimum atomic E-state index is -0.704. The number of aliphatic hydroxyl groups is 1. The highest BCUT2D eigenvalue weighted by Gasteiger charge is 2.45. The van der Waals surface area contributed by atoms with Crippen LogP contribution < -0.4 is 9.47 Å². The number of ether oxygens (including phenoxy) is 2. The maximum Gasteiger partial charge on any atom is 0.295 e. The lowest BCUT2D eigenvalue weighted by molar-refractivity contribution is -0.140. The first kappa shape index (κ1) is 23.1. The van der Waals surface area contributed by atoms with Crippen molar-refractivity contribution in [3.05, 3.63) is 64.2 Å². The van der Waals surface area contributed by atoms with E-state index in [2.05, 4.69) is 18.7 Å². The molecule has 0 saturated carbocycles. The summed E-state index contributed by atoms with van der Waals surface area (Å²) >= 11 is 6.07. The first-order valence-corrected chi connectivity index (χ1v) is 11.5. The van der Waals surface area contributed by atoms with E-state index < -0.39 is 17.7 Å². The molecule has 8 heteroatoms. The van der Waals surface area contributed by atoms with E-state index in [0.717, 1.165) is 19.6 Å². The maximum absolute atomic E-state index is 13.1. The van der Waals surface area contributed by atoms with Gasteiger partial charge < -0.3 is 24.4 Å². The van der Waals surface area contributed by atoms with Gasteiger partial charge >= 0.3 is 0 Å². The second-order valence-electron chi connectivity index (χ2n) is 7.99. The summed E-state index contributed by atoms with van der Waals surface area (Å²) in [4.78, 5) is 30.0. The molecule has 2 heterocycles. The quantitative estimate of drug-likeness (QED) is 0.353. The Morgan fingerprint density at radius 3 is 2.48 bits per heavy atom. The van der Waals surface area contributed by atoms with Gasteiger partial charge in [-0.2, -0.15) is 0 Å². The number of hydrogen-bond acceptors (Lipinski definition) is 6. The van der Waals surface area contributed by atoms with Crippen LogP contribution in [-0.2, 0) is 9.59 Å². The number of rotatable bonds is 8. The van der Waals surface area contributed by atoms with E-state index in [1.54, 1.807) is 47.4 Å². The molecule has 4 rings (SSSR count). The second-order valence-corrected chi connectivity index (χ2v) is 8.43. The third kappa shape index (κ3) is 4.56. The van der Waals surface area contributed by atoms with Crippen molar-refractivity contribution in [2.24, 2.45) is 0 Å². The van der Waals surface area contributed by atoms with E-state index in [0.29, 0.717) is 40.6 Å². The number of ketones is 1. The summed E-state index contributed by atoms with van der Waals surface area (Å²) in [7, 11) is 0. The zero-order valence-electron chi connectivity index (χ0n) is 18.7. The Kier molecular flexibility index (Phi) is 6.91. The number of likely N-dealkylation sites (tertiary alicyclic amines) is 1. The first-order chi connectivity index (χ1) is 15.9. The molecule has 1 N–H and O–H groups in total. The van der Waals surface area contributed by atoms with Crippen LogP contribution >= 0.6 is 11.6 Å². The van der Waals surface area contributed by atoms with Gasteiger partial charge in [0.05, 0.1) is 11.6 Å². The molecule has 33 heavy (non-hydrogen) atoms. The summed E-state index contributed by atoms with van der Waals surface area (Å²) in [5.74, 6) is -0.504. The fraction of sp³-hybridized carbons (Fsp3) is 0.360. The molecule has 1 amide bonds. The van der Waals surface area contributed by atoms with Crippen LogP contribution in [0.4, 0.5) is 0 Å². The molecular formula is C25H27ClN2O5. The highest BCUT2D eigenvalue weighted by Crippen LogP contribution is 2.41. The number of halogens is 1. The number of nitrogens with zero attached hydrogens (tertiary/aromatic N) is 2. The third-order valence-corrected chi connectivity index (χ3v) is 6.39. The van der Waals surface area contributed by atoms with Crippen molar-refractivity contribution in [2.45, 2.75) is 26.3 Å². The molecule has 0 bridgehead atoms. The van der Waals surface area contributed by atoms with Gasteiger partial charge in [0.15, 0.2) is 11.5 Å². The molecule has 1 saturated heterocycles. The van der Waals surface area contributed by atoms with Gasteiger partial charge in [-0.15, -0.1) is 0 Å². The van der Waals surface area contributed by atoms with Crippen LogP contribution in [0.25, 0.3) is 5.76 Å². The monoisotopic (exact) mass is 470 g/mol. The number of carbonyl (C=O) groups excluding carboxylic acids is 2. The summed E-state index contributed by atoms with van der Waals surface area (Å²) in [5.41, 5.74) is 1.16. The van der Waals surface area contributed by atoms with Gasteiger partial charge in [0.1, 0.15) is 5.76 Å². The van der Waals surface area contributed by atoms with Crippen molar-refractivity contribution < 1.29 is 24.2 Å². The van der Waals surface area contributed by atoms with Gasteiger partial charge in [-0.05, 0) is 62.0 Å². The summed E-state index contributed by atoms with van der Waals surface area (Å²) in [6, 6.07) is 11.2. The van der Waals surface area contributed by atoms with Crippen LogP contribution in [0.5, 0.6) is 11.5 Å². The van der Waals surface area contributed by atoms with Gasteiger partial charge in [0, 0.05) is 17.1 Å². The lowest BCUT2D eigenvalue weighted by Gasteiger charge is -2.26. The fourth-order valence-electron chi connectivity index (χ4n) is 4.31. The smallest absolute Gasteiger partial charge is 0.295 e. The topological polar surface area (TPSA) is 79.3 Å². The number of hydrogen-bond donors (Lipinski definition) is 1. The molecule has 1 unspecified atom stereocenters. The summed E-state index contributed by atoms with van der Waals surface area (Å²) in [6.45, 7) is 7.32. The molecule has 2 aliphatic rings. The number of aliphatic hydroxyl groups excluding tert-OH is 1. The van der Waals surface area contributed by atoms with Crippen LogP contribution in [0.1, 0.15) is 37.4 Å². The minimum absolute atomic E-state index is 0.0593. The molecule has 0 aliphatic carbocycles. The molecule has 2 aliphatic heterocycles. The van der Waals surface area contributed by atoms with E-state index in [-0.39, 0.29) is 18.1 Å². The van der Waals surface area contributed by atoms with Crippen LogP contribution in [0.2, 0.25) is 5.02 Å². The summed E-state index contributed by atoms with van der Waals surface area (Å²) in [5, 5.41) is 11.7.